The number of benzene rings is 2. The first-order valence-electron chi connectivity index (χ1n) is 9.91. The molecule has 0 bridgehead atoms. The number of ether oxygens (including phenoxy) is 1. The Hall–Kier alpha value is -2.93. The number of nitrogen functional groups attached to an aromatic ring is 1. The second-order valence-electron chi connectivity index (χ2n) is 7.16. The van der Waals surface area contributed by atoms with E-state index in [4.69, 9.17) is 10.5 Å². The van der Waals surface area contributed by atoms with Crippen LogP contribution in [-0.4, -0.2) is 17.1 Å². The van der Waals surface area contributed by atoms with E-state index in [0.717, 1.165) is 21.4 Å². The summed E-state index contributed by atoms with van der Waals surface area (Å²) >= 11 is 8.09. The van der Waals surface area contributed by atoms with E-state index in [9.17, 15) is 14.9 Å². The molecule has 33 heavy (non-hydrogen) atoms. The summed E-state index contributed by atoms with van der Waals surface area (Å²) in [4.78, 5) is 26.5. The number of rotatable bonds is 4. The van der Waals surface area contributed by atoms with E-state index in [1.54, 1.807) is 31.2 Å². The number of anilines is 1. The first kappa shape index (κ1) is 23.2. The predicted molar refractivity (Wildman–Crippen MR) is 137 cm³/mol. The monoisotopic (exact) mass is 585 g/mol. The molecule has 2 aromatic carbocycles. The van der Waals surface area contributed by atoms with E-state index in [0.29, 0.717) is 24.9 Å². The van der Waals surface area contributed by atoms with Crippen LogP contribution in [0.25, 0.3) is 17.3 Å². The molecular formula is C24H17Br2N3O3S. The number of thiazole rings is 1. The molecule has 1 aromatic heterocycles. The normalized spacial score (nSPS) is 15.9. The largest absolute Gasteiger partial charge is 0.463 e. The Bertz CT molecular complexity index is 1530. The topological polar surface area (TPSA) is 98.1 Å². The van der Waals surface area contributed by atoms with Crippen molar-refractivity contribution in [3.05, 3.63) is 88.2 Å². The molecule has 4 rings (SSSR count). The summed E-state index contributed by atoms with van der Waals surface area (Å²) in [6.45, 7) is 1.89. The van der Waals surface area contributed by atoms with Crippen molar-refractivity contribution in [2.45, 2.75) is 12.8 Å². The minimum atomic E-state index is -0.640. The van der Waals surface area contributed by atoms with Gasteiger partial charge in [0.05, 0.1) is 22.6 Å². The Balaban J connectivity index is 2.11. The third-order valence-corrected chi connectivity index (χ3v) is 7.47. The van der Waals surface area contributed by atoms with Crippen molar-refractivity contribution in [3.63, 3.8) is 0 Å². The van der Waals surface area contributed by atoms with Gasteiger partial charge in [-0.25, -0.2) is 4.79 Å². The van der Waals surface area contributed by atoms with Crippen LogP contribution >= 0.6 is 43.2 Å². The van der Waals surface area contributed by atoms with Crippen LogP contribution in [0.15, 0.2) is 62.3 Å². The van der Waals surface area contributed by atoms with Crippen molar-refractivity contribution < 1.29 is 9.53 Å². The lowest BCUT2D eigenvalue weighted by atomic mass is 9.89. The van der Waals surface area contributed by atoms with E-state index in [2.05, 4.69) is 37.9 Å². The second-order valence-corrected chi connectivity index (χ2v) is 9.96. The van der Waals surface area contributed by atoms with Crippen molar-refractivity contribution >= 4 is 72.2 Å². The zero-order chi connectivity index (χ0) is 23.7. The number of allylic oxidation sites excluding steroid dienone is 2. The highest BCUT2D eigenvalue weighted by molar-refractivity contribution is 9.12. The Morgan fingerprint density at radius 3 is 2.70 bits per heavy atom. The summed E-state index contributed by atoms with van der Waals surface area (Å²) in [5.74, 6) is -1.19. The highest BCUT2D eigenvalue weighted by Crippen LogP contribution is 2.41. The van der Waals surface area contributed by atoms with Crippen LogP contribution in [0.3, 0.4) is 0 Å². The molecular weight excluding hydrogens is 570 g/mol. The first-order valence-corrected chi connectivity index (χ1v) is 12.3. The van der Waals surface area contributed by atoms with Gasteiger partial charge in [-0.15, -0.1) is 11.3 Å². The maximum Gasteiger partial charge on any atom is 0.338 e. The van der Waals surface area contributed by atoms with E-state index in [-0.39, 0.29) is 23.4 Å². The molecule has 0 fully saturated rings. The molecule has 0 amide bonds. The molecule has 0 saturated carbocycles. The molecule has 1 unspecified atom stereocenters. The van der Waals surface area contributed by atoms with Gasteiger partial charge in [0.25, 0.3) is 5.56 Å². The number of fused-ring (bicyclic) bond motifs is 1. The SMILES string of the molecule is CCOC(=O)C1=c2s/c(=C\c3cccc(Br)c3)c(=O)n2C(C#N)=C(Br)C1c1cccc(N)c1. The molecule has 0 aliphatic carbocycles. The zero-order valence-electron chi connectivity index (χ0n) is 17.3. The van der Waals surface area contributed by atoms with Crippen molar-refractivity contribution in [1.29, 1.82) is 5.26 Å². The molecule has 9 heteroatoms. The van der Waals surface area contributed by atoms with Crippen LogP contribution in [0.2, 0.25) is 0 Å². The van der Waals surface area contributed by atoms with E-state index in [1.165, 1.54) is 4.57 Å². The van der Waals surface area contributed by atoms with Gasteiger partial charge < -0.3 is 10.5 Å². The standard InChI is InChI=1S/C24H17Br2N3O3S/c1-2-32-24(31)20-19(14-6-4-8-16(28)11-14)21(26)17(12-27)29-22(30)18(33-23(20)29)10-13-5-3-7-15(25)9-13/h3-11,19H,2,28H2,1H3/b18-10-. The number of carbonyl (C=O) groups excluding carboxylic acids is 1. The summed E-state index contributed by atoms with van der Waals surface area (Å²) in [6, 6.07) is 16.7. The van der Waals surface area contributed by atoms with Crippen molar-refractivity contribution in [1.82, 2.24) is 4.57 Å². The minimum absolute atomic E-state index is 0.126. The number of aromatic nitrogens is 1. The van der Waals surface area contributed by atoms with Crippen molar-refractivity contribution in [3.8, 4) is 6.07 Å². The maximum absolute atomic E-state index is 13.4. The predicted octanol–water partition coefficient (Wildman–Crippen LogP) is 3.68. The first-order chi connectivity index (χ1) is 15.8. The van der Waals surface area contributed by atoms with Crippen LogP contribution in [0.4, 0.5) is 5.69 Å². The number of carbonyl (C=O) groups is 1. The number of nitrogens with zero attached hydrogens (tertiary/aromatic N) is 2. The molecule has 2 heterocycles. The number of nitriles is 1. The van der Waals surface area contributed by atoms with Gasteiger partial charge in [0.1, 0.15) is 16.4 Å². The molecule has 0 saturated heterocycles. The van der Waals surface area contributed by atoms with Crippen LogP contribution in [0.1, 0.15) is 24.0 Å². The average molecular weight is 587 g/mol. The summed E-state index contributed by atoms with van der Waals surface area (Å²) in [5, 5.41) is 9.96. The molecule has 1 aliphatic heterocycles. The number of halogens is 2. The Morgan fingerprint density at radius 2 is 2.03 bits per heavy atom. The van der Waals surface area contributed by atoms with Gasteiger partial charge in [-0.1, -0.05) is 56.1 Å². The number of esters is 1. The van der Waals surface area contributed by atoms with Crippen molar-refractivity contribution in [2.24, 2.45) is 0 Å². The van der Waals surface area contributed by atoms with Crippen LogP contribution in [-0.2, 0) is 9.53 Å². The van der Waals surface area contributed by atoms with Gasteiger partial charge in [-0.05, 0) is 48.4 Å². The van der Waals surface area contributed by atoms with E-state index < -0.39 is 11.9 Å². The van der Waals surface area contributed by atoms with Gasteiger partial charge in [-0.3, -0.25) is 9.36 Å². The average Bonchev–Trinajstić information content (AvgIpc) is 3.08. The molecule has 1 atom stereocenters. The van der Waals surface area contributed by atoms with Gasteiger partial charge in [0.2, 0.25) is 0 Å². The lowest BCUT2D eigenvalue weighted by molar-refractivity contribution is -0.136. The Labute approximate surface area is 210 Å². The molecule has 2 N–H and O–H groups in total. The fraction of sp³-hybridized carbons (Fsp3) is 0.125. The van der Waals surface area contributed by atoms with Crippen LogP contribution < -0.4 is 20.5 Å². The highest BCUT2D eigenvalue weighted by Gasteiger charge is 2.36. The van der Waals surface area contributed by atoms with Gasteiger partial charge >= 0.3 is 5.97 Å². The fourth-order valence-electron chi connectivity index (χ4n) is 3.68. The lowest BCUT2D eigenvalue weighted by Gasteiger charge is -2.24. The highest BCUT2D eigenvalue weighted by atomic mass is 79.9. The molecule has 0 spiro atoms. The summed E-state index contributed by atoms with van der Waals surface area (Å²) in [6.07, 6.45) is 1.74. The maximum atomic E-state index is 13.4. The van der Waals surface area contributed by atoms with E-state index in [1.807, 2.05) is 30.3 Å². The molecule has 6 nitrogen and oxygen atoms in total. The Morgan fingerprint density at radius 1 is 1.27 bits per heavy atom. The summed E-state index contributed by atoms with van der Waals surface area (Å²) < 4.78 is 8.69. The summed E-state index contributed by atoms with van der Waals surface area (Å²) in [7, 11) is 0. The number of nitrogens with two attached hydrogens (primary N) is 1. The summed E-state index contributed by atoms with van der Waals surface area (Å²) in [5.41, 5.74) is 8.07. The van der Waals surface area contributed by atoms with Crippen LogP contribution in [0.5, 0.6) is 0 Å². The Kier molecular flexibility index (Phi) is 6.70. The van der Waals surface area contributed by atoms with Crippen molar-refractivity contribution in [2.75, 3.05) is 12.3 Å². The third-order valence-electron chi connectivity index (χ3n) is 5.04. The second kappa shape index (κ2) is 9.51. The molecule has 166 valence electrons. The number of hydrogen-bond acceptors (Lipinski definition) is 6. The number of hydrogen-bond donors (Lipinski definition) is 1. The fourth-order valence-corrected chi connectivity index (χ4v) is 6.01. The lowest BCUT2D eigenvalue weighted by Crippen LogP contribution is -2.37. The van der Waals surface area contributed by atoms with E-state index >= 15 is 0 Å². The van der Waals surface area contributed by atoms with Gasteiger partial charge in [0, 0.05) is 14.6 Å². The zero-order valence-corrected chi connectivity index (χ0v) is 21.3. The minimum Gasteiger partial charge on any atom is -0.463 e. The molecule has 3 aromatic rings. The molecule has 1 aliphatic rings. The smallest absolute Gasteiger partial charge is 0.338 e. The van der Waals surface area contributed by atoms with Gasteiger partial charge in [-0.2, -0.15) is 5.26 Å². The van der Waals surface area contributed by atoms with Crippen LogP contribution in [0, 0.1) is 11.3 Å². The van der Waals surface area contributed by atoms with Gasteiger partial charge in [0.15, 0.2) is 0 Å². The third kappa shape index (κ3) is 4.34. The molecule has 0 radical (unpaired) electrons. The quantitative estimate of drug-likeness (QED) is 0.371.